The Labute approximate surface area is 110 Å². The van der Waals surface area contributed by atoms with Gasteiger partial charge in [-0.2, -0.15) is 0 Å². The Hall–Kier alpha value is -0.860. The van der Waals surface area contributed by atoms with Crippen LogP contribution in [0.25, 0.3) is 0 Å². The predicted molar refractivity (Wildman–Crippen MR) is 75.7 cm³/mol. The number of nitrogens with zero attached hydrogens (tertiary/aromatic N) is 1. The lowest BCUT2D eigenvalue weighted by Gasteiger charge is -2.25. The Bertz CT molecular complexity index is 401. The van der Waals surface area contributed by atoms with Crippen molar-refractivity contribution in [1.82, 2.24) is 10.2 Å². The van der Waals surface area contributed by atoms with E-state index in [0.29, 0.717) is 6.04 Å². The summed E-state index contributed by atoms with van der Waals surface area (Å²) in [6.07, 6.45) is 2.77. The van der Waals surface area contributed by atoms with Gasteiger partial charge in [-0.25, -0.2) is 0 Å². The molecule has 98 valence electrons. The van der Waals surface area contributed by atoms with Gasteiger partial charge in [-0.3, -0.25) is 4.90 Å². The summed E-state index contributed by atoms with van der Waals surface area (Å²) in [6.45, 7) is 8.24. The standard InChI is InChI=1S/C16H24N2/c1-12-5-3-6-14(9-12)13(2)18-10-15-7-4-8-17-16(15)11-18/h3,5-6,9,13,15-17H,4,7-8,10-11H2,1-2H3/t13?,15-,16+/m0/s1. The number of hydrogen-bond donors (Lipinski definition) is 1. The third-order valence-corrected chi connectivity index (χ3v) is 4.70. The Morgan fingerprint density at radius 1 is 1.33 bits per heavy atom. The lowest BCUT2D eigenvalue weighted by atomic mass is 9.94. The molecule has 2 nitrogen and oxygen atoms in total. The summed E-state index contributed by atoms with van der Waals surface area (Å²) in [7, 11) is 0. The minimum absolute atomic E-state index is 0.553. The fourth-order valence-corrected chi connectivity index (χ4v) is 3.54. The van der Waals surface area contributed by atoms with Crippen molar-refractivity contribution in [3.63, 3.8) is 0 Å². The van der Waals surface area contributed by atoms with Crippen LogP contribution in [0, 0.1) is 12.8 Å². The zero-order chi connectivity index (χ0) is 12.5. The first kappa shape index (κ1) is 12.2. The Morgan fingerprint density at radius 3 is 3.00 bits per heavy atom. The van der Waals surface area contributed by atoms with Gasteiger partial charge in [-0.15, -0.1) is 0 Å². The molecule has 18 heavy (non-hydrogen) atoms. The number of fused-ring (bicyclic) bond motifs is 1. The number of benzene rings is 1. The molecule has 2 aliphatic rings. The van der Waals surface area contributed by atoms with Crippen LogP contribution in [0.4, 0.5) is 0 Å². The monoisotopic (exact) mass is 244 g/mol. The van der Waals surface area contributed by atoms with E-state index < -0.39 is 0 Å². The number of likely N-dealkylation sites (tertiary alicyclic amines) is 1. The largest absolute Gasteiger partial charge is 0.312 e. The average Bonchev–Trinajstić information content (AvgIpc) is 2.81. The average molecular weight is 244 g/mol. The van der Waals surface area contributed by atoms with Crippen molar-refractivity contribution >= 4 is 0 Å². The van der Waals surface area contributed by atoms with Crippen LogP contribution >= 0.6 is 0 Å². The van der Waals surface area contributed by atoms with Crippen LogP contribution in [0.3, 0.4) is 0 Å². The van der Waals surface area contributed by atoms with Gasteiger partial charge in [0.2, 0.25) is 0 Å². The maximum absolute atomic E-state index is 3.69. The first-order chi connectivity index (χ1) is 8.74. The molecular formula is C16H24N2. The van der Waals surface area contributed by atoms with Crippen LogP contribution in [0.5, 0.6) is 0 Å². The smallest absolute Gasteiger partial charge is 0.0320 e. The second kappa shape index (κ2) is 5.02. The molecule has 0 bridgehead atoms. The minimum Gasteiger partial charge on any atom is -0.312 e. The van der Waals surface area contributed by atoms with Gasteiger partial charge in [0, 0.05) is 25.2 Å². The first-order valence-electron chi connectivity index (χ1n) is 7.28. The number of aryl methyl sites for hydroxylation is 1. The molecule has 0 spiro atoms. The van der Waals surface area contributed by atoms with E-state index in [2.05, 4.69) is 48.3 Å². The van der Waals surface area contributed by atoms with Gasteiger partial charge in [0.15, 0.2) is 0 Å². The molecule has 0 aliphatic carbocycles. The quantitative estimate of drug-likeness (QED) is 0.860. The van der Waals surface area contributed by atoms with Gasteiger partial charge >= 0.3 is 0 Å². The minimum atomic E-state index is 0.553. The Kier molecular flexibility index (Phi) is 3.40. The van der Waals surface area contributed by atoms with E-state index in [-0.39, 0.29) is 0 Å². The summed E-state index contributed by atoms with van der Waals surface area (Å²) in [4.78, 5) is 2.66. The first-order valence-corrected chi connectivity index (χ1v) is 7.28. The lowest BCUT2D eigenvalue weighted by molar-refractivity contribution is 0.251. The molecule has 2 saturated heterocycles. The predicted octanol–water partition coefficient (Wildman–Crippen LogP) is 2.74. The molecule has 2 heteroatoms. The van der Waals surface area contributed by atoms with E-state index >= 15 is 0 Å². The van der Waals surface area contributed by atoms with Crippen molar-refractivity contribution in [2.45, 2.75) is 38.8 Å². The van der Waals surface area contributed by atoms with Gasteiger partial charge in [-0.1, -0.05) is 29.8 Å². The van der Waals surface area contributed by atoms with Crippen LogP contribution in [0.15, 0.2) is 24.3 Å². The van der Waals surface area contributed by atoms with Crippen LogP contribution in [-0.4, -0.2) is 30.6 Å². The van der Waals surface area contributed by atoms with Gasteiger partial charge in [0.25, 0.3) is 0 Å². The number of rotatable bonds is 2. The molecular weight excluding hydrogens is 220 g/mol. The number of hydrogen-bond acceptors (Lipinski definition) is 2. The van der Waals surface area contributed by atoms with Crippen molar-refractivity contribution in [2.75, 3.05) is 19.6 Å². The highest BCUT2D eigenvalue weighted by Crippen LogP contribution is 2.31. The maximum Gasteiger partial charge on any atom is 0.0320 e. The highest BCUT2D eigenvalue weighted by Gasteiger charge is 2.36. The summed E-state index contributed by atoms with van der Waals surface area (Å²) < 4.78 is 0. The number of nitrogens with one attached hydrogen (secondary N) is 1. The molecule has 0 amide bonds. The zero-order valence-corrected chi connectivity index (χ0v) is 11.5. The molecule has 0 aromatic heterocycles. The molecule has 2 heterocycles. The molecule has 1 aromatic rings. The molecule has 3 rings (SSSR count). The van der Waals surface area contributed by atoms with Crippen LogP contribution in [-0.2, 0) is 0 Å². The summed E-state index contributed by atoms with van der Waals surface area (Å²) in [5.74, 6) is 0.881. The summed E-state index contributed by atoms with van der Waals surface area (Å²) in [6, 6.07) is 10.3. The van der Waals surface area contributed by atoms with Gasteiger partial charge in [-0.05, 0) is 44.7 Å². The Morgan fingerprint density at radius 2 is 2.22 bits per heavy atom. The van der Waals surface area contributed by atoms with Crippen LogP contribution in [0.1, 0.15) is 36.9 Å². The lowest BCUT2D eigenvalue weighted by Crippen LogP contribution is -2.40. The van der Waals surface area contributed by atoms with Crippen LogP contribution < -0.4 is 5.32 Å². The zero-order valence-electron chi connectivity index (χ0n) is 11.5. The molecule has 3 atom stereocenters. The molecule has 1 N–H and O–H groups in total. The van der Waals surface area contributed by atoms with Crippen molar-refractivity contribution in [2.24, 2.45) is 5.92 Å². The fourth-order valence-electron chi connectivity index (χ4n) is 3.54. The normalized spacial score (nSPS) is 30.1. The topological polar surface area (TPSA) is 15.3 Å². The SMILES string of the molecule is Cc1cccc(C(C)N2C[C@@H]3CCCN[C@@H]3C2)c1. The maximum atomic E-state index is 3.69. The Balaban J connectivity index is 1.72. The van der Waals surface area contributed by atoms with E-state index in [0.717, 1.165) is 12.0 Å². The number of piperidine rings is 1. The molecule has 0 saturated carbocycles. The van der Waals surface area contributed by atoms with Crippen molar-refractivity contribution in [3.05, 3.63) is 35.4 Å². The van der Waals surface area contributed by atoms with Crippen LogP contribution in [0.2, 0.25) is 0 Å². The van der Waals surface area contributed by atoms with Crippen molar-refractivity contribution in [3.8, 4) is 0 Å². The summed E-state index contributed by atoms with van der Waals surface area (Å²) in [5.41, 5.74) is 2.84. The molecule has 1 aromatic carbocycles. The molecule has 2 fully saturated rings. The summed E-state index contributed by atoms with van der Waals surface area (Å²) >= 11 is 0. The van der Waals surface area contributed by atoms with E-state index in [9.17, 15) is 0 Å². The van der Waals surface area contributed by atoms with Gasteiger partial charge < -0.3 is 5.32 Å². The van der Waals surface area contributed by atoms with Crippen molar-refractivity contribution < 1.29 is 0 Å². The highest BCUT2D eigenvalue weighted by atomic mass is 15.2. The fraction of sp³-hybridized carbons (Fsp3) is 0.625. The molecule has 0 radical (unpaired) electrons. The third-order valence-electron chi connectivity index (χ3n) is 4.70. The second-order valence-corrected chi connectivity index (χ2v) is 6.01. The van der Waals surface area contributed by atoms with Crippen molar-refractivity contribution in [1.29, 1.82) is 0 Å². The summed E-state index contributed by atoms with van der Waals surface area (Å²) in [5, 5.41) is 3.69. The molecule has 1 unspecified atom stereocenters. The van der Waals surface area contributed by atoms with E-state index in [4.69, 9.17) is 0 Å². The third kappa shape index (κ3) is 2.32. The van der Waals surface area contributed by atoms with Gasteiger partial charge in [0.05, 0.1) is 0 Å². The molecule has 2 aliphatic heterocycles. The van der Waals surface area contributed by atoms with Gasteiger partial charge in [0.1, 0.15) is 0 Å². The second-order valence-electron chi connectivity index (χ2n) is 6.01. The van der Waals surface area contributed by atoms with E-state index in [1.807, 2.05) is 0 Å². The highest BCUT2D eigenvalue weighted by molar-refractivity contribution is 5.25. The van der Waals surface area contributed by atoms with E-state index in [1.54, 1.807) is 0 Å². The van der Waals surface area contributed by atoms with E-state index in [1.165, 1.54) is 43.6 Å².